The molecule has 0 unspecified atom stereocenters. The van der Waals surface area contributed by atoms with Crippen molar-refractivity contribution in [3.05, 3.63) is 28.3 Å². The third-order valence-electron chi connectivity index (χ3n) is 4.61. The Labute approximate surface area is 143 Å². The van der Waals surface area contributed by atoms with E-state index in [0.717, 1.165) is 25.9 Å². The highest BCUT2D eigenvalue weighted by molar-refractivity contribution is 7.89. The zero-order chi connectivity index (χ0) is 17.9. The maximum atomic E-state index is 12.6. The Kier molecular flexibility index (Phi) is 5.82. The van der Waals surface area contributed by atoms with Gasteiger partial charge in [0.25, 0.3) is 5.69 Å². The van der Waals surface area contributed by atoms with Gasteiger partial charge in [-0.3, -0.25) is 10.1 Å². The number of nitro groups is 1. The van der Waals surface area contributed by atoms with Crippen LogP contribution in [-0.2, 0) is 10.0 Å². The fraction of sp³-hybridized carbons (Fsp3) is 0.625. The van der Waals surface area contributed by atoms with E-state index < -0.39 is 14.9 Å². The lowest BCUT2D eigenvalue weighted by Crippen LogP contribution is -2.33. The highest BCUT2D eigenvalue weighted by atomic mass is 32.2. The molecule has 0 saturated carbocycles. The molecule has 1 aromatic rings. The van der Waals surface area contributed by atoms with Crippen molar-refractivity contribution in [2.45, 2.75) is 38.5 Å². The zero-order valence-electron chi connectivity index (χ0n) is 14.4. The Balaban J connectivity index is 2.42. The molecular formula is C16H25N3O4S. The van der Waals surface area contributed by atoms with Gasteiger partial charge in [-0.05, 0) is 30.9 Å². The topological polar surface area (TPSA) is 83.8 Å². The lowest BCUT2D eigenvalue weighted by atomic mass is 9.98. The van der Waals surface area contributed by atoms with Crippen LogP contribution in [0.1, 0.15) is 33.6 Å². The molecule has 8 heteroatoms. The molecule has 0 radical (unpaired) electrons. The van der Waals surface area contributed by atoms with E-state index in [-0.39, 0.29) is 10.6 Å². The first kappa shape index (κ1) is 18.7. The third-order valence-corrected chi connectivity index (χ3v) is 6.66. The largest absolute Gasteiger partial charge is 0.366 e. The first-order chi connectivity index (χ1) is 11.3. The van der Waals surface area contributed by atoms with Crippen LogP contribution in [0.3, 0.4) is 0 Å². The van der Waals surface area contributed by atoms with Gasteiger partial charge in [0.15, 0.2) is 0 Å². The molecule has 0 aliphatic carbocycles. The highest BCUT2D eigenvalue weighted by Gasteiger charge is 2.28. The van der Waals surface area contributed by atoms with Gasteiger partial charge in [0, 0.05) is 32.2 Å². The summed E-state index contributed by atoms with van der Waals surface area (Å²) in [4.78, 5) is 13.0. The minimum Gasteiger partial charge on any atom is -0.366 e. The van der Waals surface area contributed by atoms with Gasteiger partial charge >= 0.3 is 0 Å². The monoisotopic (exact) mass is 355 g/mol. The Morgan fingerprint density at radius 2 is 1.83 bits per heavy atom. The minimum absolute atomic E-state index is 0.0213. The molecule has 1 fully saturated rings. The van der Waals surface area contributed by atoms with Crippen LogP contribution < -0.4 is 4.90 Å². The molecule has 134 valence electrons. The molecule has 1 heterocycles. The van der Waals surface area contributed by atoms with E-state index in [9.17, 15) is 18.5 Å². The molecule has 0 spiro atoms. The van der Waals surface area contributed by atoms with E-state index in [1.807, 2.05) is 4.90 Å². The SMILES string of the molecule is CCN(CC)S(=O)(=O)c1ccc(N2CCC(C)CC2)c([N+](=O)[O-])c1. The lowest BCUT2D eigenvalue weighted by Gasteiger charge is -2.31. The van der Waals surface area contributed by atoms with Gasteiger partial charge in [0.1, 0.15) is 5.69 Å². The van der Waals surface area contributed by atoms with Crippen LogP contribution in [0.4, 0.5) is 11.4 Å². The van der Waals surface area contributed by atoms with Gasteiger partial charge in [-0.2, -0.15) is 4.31 Å². The molecule has 0 atom stereocenters. The van der Waals surface area contributed by atoms with Crippen LogP contribution in [0.5, 0.6) is 0 Å². The van der Waals surface area contributed by atoms with Crippen molar-refractivity contribution in [2.75, 3.05) is 31.1 Å². The Morgan fingerprint density at radius 3 is 2.33 bits per heavy atom. The number of nitrogens with zero attached hydrogens (tertiary/aromatic N) is 3. The Morgan fingerprint density at radius 1 is 1.25 bits per heavy atom. The second-order valence-electron chi connectivity index (χ2n) is 6.17. The Bertz CT molecular complexity index is 693. The molecule has 0 N–H and O–H groups in total. The highest BCUT2D eigenvalue weighted by Crippen LogP contribution is 2.34. The average molecular weight is 355 g/mol. The number of hydrogen-bond acceptors (Lipinski definition) is 5. The second-order valence-corrected chi connectivity index (χ2v) is 8.10. The second kappa shape index (κ2) is 7.48. The molecule has 0 aromatic heterocycles. The number of rotatable bonds is 6. The normalized spacial score (nSPS) is 16.6. The summed E-state index contributed by atoms with van der Waals surface area (Å²) in [6.07, 6.45) is 1.97. The maximum absolute atomic E-state index is 12.6. The number of piperidine rings is 1. The predicted octanol–water partition coefficient (Wildman–Crippen LogP) is 2.86. The van der Waals surface area contributed by atoms with Crippen molar-refractivity contribution >= 4 is 21.4 Å². The van der Waals surface area contributed by atoms with Crippen LogP contribution in [0.2, 0.25) is 0 Å². The number of hydrogen-bond donors (Lipinski definition) is 0. The average Bonchev–Trinajstić information content (AvgIpc) is 2.56. The van der Waals surface area contributed by atoms with Crippen molar-refractivity contribution in [2.24, 2.45) is 5.92 Å². The number of sulfonamides is 1. The molecule has 2 rings (SSSR count). The predicted molar refractivity (Wildman–Crippen MR) is 93.8 cm³/mol. The smallest absolute Gasteiger partial charge is 0.293 e. The standard InChI is InChI=1S/C16H25N3O4S/c1-4-18(5-2)24(22,23)14-6-7-15(16(12-14)19(20)21)17-10-8-13(3)9-11-17/h6-7,12-13H,4-5,8-11H2,1-3H3. The molecule has 1 aromatic carbocycles. The number of anilines is 1. The van der Waals surface area contributed by atoms with Crippen LogP contribution in [0.15, 0.2) is 23.1 Å². The molecule has 0 bridgehead atoms. The molecule has 1 aliphatic rings. The molecule has 0 amide bonds. The van der Waals surface area contributed by atoms with Crippen molar-refractivity contribution in [3.8, 4) is 0 Å². The van der Waals surface area contributed by atoms with E-state index >= 15 is 0 Å². The van der Waals surface area contributed by atoms with E-state index in [2.05, 4.69) is 6.92 Å². The van der Waals surface area contributed by atoms with Gasteiger partial charge < -0.3 is 4.90 Å². The van der Waals surface area contributed by atoms with Crippen LogP contribution in [0, 0.1) is 16.0 Å². The number of benzene rings is 1. The first-order valence-corrected chi connectivity index (χ1v) is 9.78. The summed E-state index contributed by atoms with van der Waals surface area (Å²) < 4.78 is 26.5. The zero-order valence-corrected chi connectivity index (χ0v) is 15.3. The van der Waals surface area contributed by atoms with Crippen molar-refractivity contribution in [1.29, 1.82) is 0 Å². The summed E-state index contributed by atoms with van der Waals surface area (Å²) in [5, 5.41) is 11.5. The Hall–Kier alpha value is -1.67. The lowest BCUT2D eigenvalue weighted by molar-refractivity contribution is -0.384. The van der Waals surface area contributed by atoms with Crippen LogP contribution in [0.25, 0.3) is 0 Å². The van der Waals surface area contributed by atoms with Gasteiger partial charge in [0.05, 0.1) is 9.82 Å². The molecular weight excluding hydrogens is 330 g/mol. The fourth-order valence-corrected chi connectivity index (χ4v) is 4.52. The van der Waals surface area contributed by atoms with Crippen molar-refractivity contribution in [3.63, 3.8) is 0 Å². The summed E-state index contributed by atoms with van der Waals surface area (Å²) >= 11 is 0. The summed E-state index contributed by atoms with van der Waals surface area (Å²) in [6, 6.07) is 4.25. The maximum Gasteiger partial charge on any atom is 0.293 e. The van der Waals surface area contributed by atoms with Gasteiger partial charge in [-0.25, -0.2) is 8.42 Å². The van der Waals surface area contributed by atoms with Crippen LogP contribution >= 0.6 is 0 Å². The van der Waals surface area contributed by atoms with Gasteiger partial charge in [-0.15, -0.1) is 0 Å². The summed E-state index contributed by atoms with van der Waals surface area (Å²) in [7, 11) is -3.70. The molecule has 7 nitrogen and oxygen atoms in total. The number of nitro benzene ring substituents is 1. The molecule has 1 aliphatic heterocycles. The fourth-order valence-electron chi connectivity index (χ4n) is 3.04. The first-order valence-electron chi connectivity index (χ1n) is 8.34. The van der Waals surface area contributed by atoms with E-state index in [0.29, 0.717) is 24.7 Å². The molecule has 1 saturated heterocycles. The summed E-state index contributed by atoms with van der Waals surface area (Å²) in [5.74, 6) is 0.614. The van der Waals surface area contributed by atoms with Crippen molar-refractivity contribution < 1.29 is 13.3 Å². The minimum atomic E-state index is -3.70. The van der Waals surface area contributed by atoms with Gasteiger partial charge in [0.2, 0.25) is 10.0 Å². The van der Waals surface area contributed by atoms with E-state index in [1.54, 1.807) is 19.9 Å². The summed E-state index contributed by atoms with van der Waals surface area (Å²) in [5.41, 5.74) is 0.364. The van der Waals surface area contributed by atoms with E-state index in [4.69, 9.17) is 0 Å². The van der Waals surface area contributed by atoms with Gasteiger partial charge in [-0.1, -0.05) is 20.8 Å². The van der Waals surface area contributed by atoms with E-state index in [1.165, 1.54) is 16.4 Å². The van der Waals surface area contributed by atoms with Crippen molar-refractivity contribution in [1.82, 2.24) is 4.31 Å². The van der Waals surface area contributed by atoms with Crippen LogP contribution in [-0.4, -0.2) is 43.8 Å². The third kappa shape index (κ3) is 3.70. The quantitative estimate of drug-likeness (QED) is 0.579. The molecule has 24 heavy (non-hydrogen) atoms. The summed E-state index contributed by atoms with van der Waals surface area (Å²) in [6.45, 7) is 7.84.